The standard InChI is InChI=1S/C14H14BrNO2S/c1-9-2-3-11(15)6-12(9)14(18)16-7-13(17)10-4-5-19-8-10/h2-6,8,13,17H,7H2,1H3,(H,16,18). The van der Waals surface area contributed by atoms with Crippen molar-refractivity contribution in [3.8, 4) is 0 Å². The maximum atomic E-state index is 12.1. The van der Waals surface area contributed by atoms with E-state index in [-0.39, 0.29) is 12.5 Å². The molecule has 3 nitrogen and oxygen atoms in total. The number of thiophene rings is 1. The molecule has 0 radical (unpaired) electrons. The fourth-order valence-corrected chi connectivity index (χ4v) is 2.77. The molecular weight excluding hydrogens is 326 g/mol. The zero-order valence-electron chi connectivity index (χ0n) is 10.4. The number of hydrogen-bond acceptors (Lipinski definition) is 3. The van der Waals surface area contributed by atoms with E-state index in [0.29, 0.717) is 5.56 Å². The SMILES string of the molecule is Cc1ccc(Br)cc1C(=O)NCC(O)c1ccsc1. The van der Waals surface area contributed by atoms with Gasteiger partial charge in [0.05, 0.1) is 6.10 Å². The van der Waals surface area contributed by atoms with Crippen LogP contribution in [0.3, 0.4) is 0 Å². The predicted octanol–water partition coefficient (Wildman–Crippen LogP) is 3.28. The van der Waals surface area contributed by atoms with E-state index >= 15 is 0 Å². The lowest BCUT2D eigenvalue weighted by Crippen LogP contribution is -2.28. The first-order chi connectivity index (χ1) is 9.08. The Bertz CT molecular complexity index is 569. The summed E-state index contributed by atoms with van der Waals surface area (Å²) in [5, 5.41) is 16.4. The van der Waals surface area contributed by atoms with Crippen molar-refractivity contribution in [2.45, 2.75) is 13.0 Å². The highest BCUT2D eigenvalue weighted by Gasteiger charge is 2.13. The molecule has 1 unspecified atom stereocenters. The van der Waals surface area contributed by atoms with Crippen molar-refractivity contribution in [3.63, 3.8) is 0 Å². The molecule has 0 saturated heterocycles. The molecule has 0 fully saturated rings. The summed E-state index contributed by atoms with van der Waals surface area (Å²) in [6.07, 6.45) is -0.664. The molecule has 1 amide bonds. The lowest BCUT2D eigenvalue weighted by Gasteiger charge is -2.12. The van der Waals surface area contributed by atoms with E-state index in [0.717, 1.165) is 15.6 Å². The van der Waals surface area contributed by atoms with Crippen molar-refractivity contribution in [1.29, 1.82) is 0 Å². The van der Waals surface area contributed by atoms with Gasteiger partial charge in [-0.3, -0.25) is 4.79 Å². The monoisotopic (exact) mass is 339 g/mol. The minimum absolute atomic E-state index is 0.173. The maximum absolute atomic E-state index is 12.1. The fourth-order valence-electron chi connectivity index (χ4n) is 1.71. The number of nitrogens with one attached hydrogen (secondary N) is 1. The van der Waals surface area contributed by atoms with Gasteiger partial charge in [0.1, 0.15) is 0 Å². The quantitative estimate of drug-likeness (QED) is 0.897. The van der Waals surface area contributed by atoms with Gasteiger partial charge in [-0.15, -0.1) is 0 Å². The molecule has 0 saturated carbocycles. The van der Waals surface area contributed by atoms with Crippen LogP contribution in [-0.2, 0) is 0 Å². The number of rotatable bonds is 4. The number of hydrogen-bond donors (Lipinski definition) is 2. The van der Waals surface area contributed by atoms with Crippen LogP contribution in [0.2, 0.25) is 0 Å². The van der Waals surface area contributed by atoms with Crippen molar-refractivity contribution < 1.29 is 9.90 Å². The number of amides is 1. The molecule has 1 aromatic heterocycles. The highest BCUT2D eigenvalue weighted by atomic mass is 79.9. The Morgan fingerprint density at radius 3 is 2.95 bits per heavy atom. The minimum atomic E-state index is -0.664. The number of aryl methyl sites for hydroxylation is 1. The molecule has 0 aliphatic heterocycles. The van der Waals surface area contributed by atoms with Gasteiger partial charge in [0, 0.05) is 16.6 Å². The average molecular weight is 340 g/mol. The van der Waals surface area contributed by atoms with E-state index in [4.69, 9.17) is 0 Å². The lowest BCUT2D eigenvalue weighted by atomic mass is 10.1. The third-order valence-corrected chi connectivity index (χ3v) is 4.02. The normalized spacial score (nSPS) is 12.2. The van der Waals surface area contributed by atoms with E-state index in [9.17, 15) is 9.90 Å². The summed E-state index contributed by atoms with van der Waals surface area (Å²) in [6, 6.07) is 7.41. The minimum Gasteiger partial charge on any atom is -0.387 e. The summed E-state index contributed by atoms with van der Waals surface area (Å²) in [5.41, 5.74) is 2.36. The fraction of sp³-hybridized carbons (Fsp3) is 0.214. The van der Waals surface area contributed by atoms with Gasteiger partial charge < -0.3 is 10.4 Å². The summed E-state index contributed by atoms with van der Waals surface area (Å²) < 4.78 is 0.863. The Morgan fingerprint density at radius 1 is 1.47 bits per heavy atom. The van der Waals surface area contributed by atoms with E-state index in [2.05, 4.69) is 21.2 Å². The summed E-state index contributed by atoms with van der Waals surface area (Å²) in [4.78, 5) is 12.1. The van der Waals surface area contributed by atoms with E-state index in [1.54, 1.807) is 6.07 Å². The summed E-state index contributed by atoms with van der Waals surface area (Å²) >= 11 is 4.87. The number of halogens is 1. The van der Waals surface area contributed by atoms with Crippen LogP contribution in [0.5, 0.6) is 0 Å². The van der Waals surface area contributed by atoms with E-state index in [1.165, 1.54) is 11.3 Å². The highest BCUT2D eigenvalue weighted by molar-refractivity contribution is 9.10. The highest BCUT2D eigenvalue weighted by Crippen LogP contribution is 2.17. The lowest BCUT2D eigenvalue weighted by molar-refractivity contribution is 0.0916. The maximum Gasteiger partial charge on any atom is 0.251 e. The summed E-state index contributed by atoms with van der Waals surface area (Å²) in [7, 11) is 0. The Morgan fingerprint density at radius 2 is 2.26 bits per heavy atom. The molecule has 19 heavy (non-hydrogen) atoms. The molecule has 0 bridgehead atoms. The molecule has 0 aliphatic carbocycles. The molecule has 1 aromatic carbocycles. The van der Waals surface area contributed by atoms with Gasteiger partial charge in [0.2, 0.25) is 0 Å². The number of aliphatic hydroxyl groups excluding tert-OH is 1. The van der Waals surface area contributed by atoms with E-state index in [1.807, 2.05) is 35.9 Å². The number of benzene rings is 1. The number of carbonyl (C=O) groups excluding carboxylic acids is 1. The van der Waals surface area contributed by atoms with Crippen LogP contribution in [0, 0.1) is 6.92 Å². The molecule has 5 heteroatoms. The van der Waals surface area contributed by atoms with Gasteiger partial charge in [0.15, 0.2) is 0 Å². The third-order valence-electron chi connectivity index (χ3n) is 2.83. The summed E-state index contributed by atoms with van der Waals surface area (Å²) in [6.45, 7) is 2.10. The van der Waals surface area contributed by atoms with Crippen LogP contribution < -0.4 is 5.32 Å². The van der Waals surface area contributed by atoms with Crippen molar-refractivity contribution in [1.82, 2.24) is 5.32 Å². The van der Waals surface area contributed by atoms with Crippen LogP contribution in [-0.4, -0.2) is 17.6 Å². The van der Waals surface area contributed by atoms with Gasteiger partial charge in [-0.05, 0) is 47.0 Å². The first-order valence-corrected chi connectivity index (χ1v) is 7.56. The first kappa shape index (κ1) is 14.2. The molecule has 1 atom stereocenters. The Labute approximate surface area is 124 Å². The zero-order chi connectivity index (χ0) is 13.8. The molecule has 100 valence electrons. The number of aliphatic hydroxyl groups is 1. The Balaban J connectivity index is 2.00. The van der Waals surface area contributed by atoms with Gasteiger partial charge in [0.25, 0.3) is 5.91 Å². The topological polar surface area (TPSA) is 49.3 Å². The van der Waals surface area contributed by atoms with Crippen LogP contribution >= 0.6 is 27.3 Å². The van der Waals surface area contributed by atoms with Crippen molar-refractivity contribution >= 4 is 33.2 Å². The second kappa shape index (κ2) is 6.32. The smallest absolute Gasteiger partial charge is 0.251 e. The number of carbonyl (C=O) groups is 1. The second-order valence-corrected chi connectivity index (χ2v) is 5.94. The molecule has 2 rings (SSSR count). The largest absolute Gasteiger partial charge is 0.387 e. The van der Waals surface area contributed by atoms with E-state index < -0.39 is 6.10 Å². The Kier molecular flexibility index (Phi) is 4.74. The van der Waals surface area contributed by atoms with Crippen molar-refractivity contribution in [2.24, 2.45) is 0 Å². The van der Waals surface area contributed by atoms with Gasteiger partial charge in [-0.1, -0.05) is 22.0 Å². The van der Waals surface area contributed by atoms with Gasteiger partial charge in [-0.2, -0.15) is 11.3 Å². The first-order valence-electron chi connectivity index (χ1n) is 5.82. The average Bonchev–Trinajstić information content (AvgIpc) is 2.92. The summed E-state index contributed by atoms with van der Waals surface area (Å²) in [5.74, 6) is -0.173. The van der Waals surface area contributed by atoms with Gasteiger partial charge in [-0.25, -0.2) is 0 Å². The van der Waals surface area contributed by atoms with Crippen LogP contribution in [0.1, 0.15) is 27.6 Å². The zero-order valence-corrected chi connectivity index (χ0v) is 12.8. The van der Waals surface area contributed by atoms with Crippen molar-refractivity contribution in [2.75, 3.05) is 6.54 Å². The molecular formula is C14H14BrNO2S. The molecule has 0 aliphatic rings. The molecule has 1 heterocycles. The van der Waals surface area contributed by atoms with Crippen molar-refractivity contribution in [3.05, 3.63) is 56.2 Å². The van der Waals surface area contributed by atoms with Crippen LogP contribution in [0.15, 0.2) is 39.5 Å². The molecule has 2 aromatic rings. The third kappa shape index (κ3) is 3.65. The molecule has 2 N–H and O–H groups in total. The predicted molar refractivity (Wildman–Crippen MR) is 80.5 cm³/mol. The second-order valence-electron chi connectivity index (χ2n) is 4.24. The Hall–Kier alpha value is -1.17. The molecule has 0 spiro atoms. The van der Waals surface area contributed by atoms with Gasteiger partial charge >= 0.3 is 0 Å². The van der Waals surface area contributed by atoms with Crippen LogP contribution in [0.25, 0.3) is 0 Å². The van der Waals surface area contributed by atoms with Crippen LogP contribution in [0.4, 0.5) is 0 Å².